The molecule has 0 fully saturated rings. The number of fused-ring (bicyclic) bond motifs is 1. The summed E-state index contributed by atoms with van der Waals surface area (Å²) >= 11 is -1.56. The quantitative estimate of drug-likeness (QED) is 0.0737. The van der Waals surface area contributed by atoms with Gasteiger partial charge in [-0.1, -0.05) is 52.4 Å². The Morgan fingerprint density at radius 1 is 0.622 bits per heavy atom. The van der Waals surface area contributed by atoms with Crippen molar-refractivity contribution in [2.45, 2.75) is 127 Å². The van der Waals surface area contributed by atoms with Crippen molar-refractivity contribution in [3.63, 3.8) is 0 Å². The Hall–Kier alpha value is -0.523. The van der Waals surface area contributed by atoms with Gasteiger partial charge in [-0.3, -0.25) is 0 Å². The second-order valence-electron chi connectivity index (χ2n) is 14.9. The normalized spacial score (nSPS) is 13.3. The van der Waals surface area contributed by atoms with Crippen LogP contribution in [0.1, 0.15) is 90.9 Å². The van der Waals surface area contributed by atoms with Crippen molar-refractivity contribution in [1.82, 2.24) is 15.0 Å². The molecule has 0 aliphatic heterocycles. The Morgan fingerprint density at radius 2 is 1.02 bits per heavy atom. The van der Waals surface area contributed by atoms with Crippen LogP contribution in [0.15, 0.2) is 24.3 Å². The van der Waals surface area contributed by atoms with Gasteiger partial charge in [0.25, 0.3) is 0 Å². The average Bonchev–Trinajstić information content (AvgIpc) is 3.74. The fourth-order valence-electron chi connectivity index (χ4n) is 6.03. The minimum atomic E-state index is -2.40. The first-order valence-corrected chi connectivity index (χ1v) is 38.9. The van der Waals surface area contributed by atoms with E-state index in [-0.39, 0.29) is 11.1 Å². The number of unbranched alkanes of at least 4 members (excludes halogenated alkanes) is 8. The van der Waals surface area contributed by atoms with Crippen LogP contribution in [0, 0.1) is 17.6 Å². The van der Waals surface area contributed by atoms with E-state index in [1.165, 1.54) is 70.0 Å². The van der Waals surface area contributed by atoms with Gasteiger partial charge in [0.15, 0.2) is 0 Å². The first kappa shape index (κ1) is 37.3. The van der Waals surface area contributed by atoms with Crippen LogP contribution in [-0.4, -0.2) is 51.7 Å². The van der Waals surface area contributed by atoms with Gasteiger partial charge in [-0.15, -0.1) is 0 Å². The van der Waals surface area contributed by atoms with Gasteiger partial charge in [0.1, 0.15) is 0 Å². The third-order valence-electron chi connectivity index (χ3n) is 8.80. The zero-order valence-corrected chi connectivity index (χ0v) is 36.3. The molecule has 4 rings (SSSR count). The summed E-state index contributed by atoms with van der Waals surface area (Å²) < 4.78 is 35.3. The number of aromatic nitrogens is 3. The Labute approximate surface area is 287 Å². The van der Waals surface area contributed by atoms with Gasteiger partial charge in [-0.25, -0.2) is 0 Å². The summed E-state index contributed by atoms with van der Waals surface area (Å²) in [6.45, 7) is 5.21. The number of nitrogens with zero attached hydrogens (tertiary/aromatic N) is 3. The Bertz CT molecular complexity index is 1430. The monoisotopic (exact) mass is 871 g/mol. The first-order chi connectivity index (χ1) is 21.3. The number of thiophene rings is 2. The van der Waals surface area contributed by atoms with Crippen molar-refractivity contribution in [1.29, 1.82) is 0 Å². The van der Waals surface area contributed by atoms with Crippen LogP contribution in [0.2, 0.25) is 29.6 Å². The maximum atomic E-state index is 16.3. The SMILES string of the molecule is CCCCCCCCC(CCCCCC)Cn1nc2c(-c3cc[c]([Sn]([CH3])([CH3])[CH3])s3)c(F)c(F)c(-c3cc[c]([Sn]([CH3])([CH3])[CH3])s3)c2n1. The number of hydrogen-bond donors (Lipinski definition) is 0. The molecule has 0 aliphatic rings. The van der Waals surface area contributed by atoms with Crippen LogP contribution < -0.4 is 5.79 Å². The van der Waals surface area contributed by atoms with E-state index in [9.17, 15) is 0 Å². The molecule has 0 saturated heterocycles. The molecule has 4 aromatic rings. The molecule has 0 spiro atoms. The first-order valence-electron chi connectivity index (χ1n) is 17.3. The van der Waals surface area contributed by atoms with Gasteiger partial charge in [-0.2, -0.15) is 0 Å². The molecule has 0 N–H and O–H groups in total. The molecule has 0 radical (unpaired) electrons. The Kier molecular flexibility index (Phi) is 13.9. The van der Waals surface area contributed by atoms with Crippen molar-refractivity contribution in [2.75, 3.05) is 0 Å². The van der Waals surface area contributed by atoms with Gasteiger partial charge in [0, 0.05) is 0 Å². The predicted molar refractivity (Wildman–Crippen MR) is 200 cm³/mol. The van der Waals surface area contributed by atoms with Crippen LogP contribution in [0.25, 0.3) is 31.9 Å². The molecule has 1 aromatic carbocycles. The molecule has 1 atom stereocenters. The van der Waals surface area contributed by atoms with Crippen LogP contribution >= 0.6 is 22.7 Å². The van der Waals surface area contributed by atoms with Gasteiger partial charge < -0.3 is 0 Å². The fraction of sp³-hybridized carbons (Fsp3) is 0.611. The minimum absolute atomic E-state index is 0.284. The molecule has 0 saturated carbocycles. The second-order valence-corrected chi connectivity index (χ2v) is 47.9. The van der Waals surface area contributed by atoms with E-state index in [0.717, 1.165) is 22.6 Å². The van der Waals surface area contributed by atoms with Crippen molar-refractivity contribution >= 4 is 76.2 Å². The maximum absolute atomic E-state index is 16.3. The van der Waals surface area contributed by atoms with E-state index in [0.29, 0.717) is 23.5 Å². The molecule has 45 heavy (non-hydrogen) atoms. The topological polar surface area (TPSA) is 30.7 Å². The van der Waals surface area contributed by atoms with Crippen molar-refractivity contribution in [2.24, 2.45) is 5.92 Å². The molecule has 9 heteroatoms. The van der Waals surface area contributed by atoms with E-state index >= 15 is 8.78 Å². The summed E-state index contributed by atoms with van der Waals surface area (Å²) in [5.41, 5.74) is 1.57. The molecule has 3 heterocycles. The Balaban J connectivity index is 1.76. The summed E-state index contributed by atoms with van der Waals surface area (Å²) in [6, 6.07) is 8.22. The van der Waals surface area contributed by atoms with Gasteiger partial charge >= 0.3 is 237 Å². The summed E-state index contributed by atoms with van der Waals surface area (Å²) in [7, 11) is 0. The van der Waals surface area contributed by atoms with Crippen LogP contribution in [0.5, 0.6) is 0 Å². The molecule has 248 valence electrons. The van der Waals surface area contributed by atoms with E-state index in [4.69, 9.17) is 10.2 Å². The zero-order chi connectivity index (χ0) is 32.8. The third-order valence-corrected chi connectivity index (χ3v) is 30.0. The average molecular weight is 869 g/mol. The van der Waals surface area contributed by atoms with E-state index in [1.807, 2.05) is 12.1 Å². The van der Waals surface area contributed by atoms with Crippen LogP contribution in [0.3, 0.4) is 0 Å². The Morgan fingerprint density at radius 3 is 1.42 bits per heavy atom. The van der Waals surface area contributed by atoms with E-state index in [2.05, 4.69) is 55.6 Å². The molecule has 0 aliphatic carbocycles. The van der Waals surface area contributed by atoms with Gasteiger partial charge in [0.2, 0.25) is 0 Å². The molecule has 3 aromatic heterocycles. The van der Waals surface area contributed by atoms with Crippen molar-refractivity contribution in [3.05, 3.63) is 35.9 Å². The van der Waals surface area contributed by atoms with Crippen molar-refractivity contribution < 1.29 is 8.78 Å². The van der Waals surface area contributed by atoms with Crippen LogP contribution in [-0.2, 0) is 6.54 Å². The molecule has 0 amide bonds. The summed E-state index contributed by atoms with van der Waals surface area (Å²) in [6.07, 6.45) is 14.9. The van der Waals surface area contributed by atoms with Crippen molar-refractivity contribution in [3.8, 4) is 20.9 Å². The third kappa shape index (κ3) is 9.77. The number of halogens is 2. The van der Waals surface area contributed by atoms with Crippen LogP contribution in [0.4, 0.5) is 8.78 Å². The van der Waals surface area contributed by atoms with E-state index < -0.39 is 48.4 Å². The number of rotatable bonds is 18. The fourth-order valence-corrected chi connectivity index (χ4v) is 18.7. The zero-order valence-electron chi connectivity index (χ0n) is 29.0. The van der Waals surface area contributed by atoms with E-state index in [1.54, 1.807) is 27.5 Å². The summed E-state index contributed by atoms with van der Waals surface area (Å²) in [4.78, 5) is 17.4. The molecular weight excluding hydrogens is 814 g/mol. The predicted octanol–water partition coefficient (Wildman–Crippen LogP) is 11.6. The summed E-state index contributed by atoms with van der Waals surface area (Å²) in [5, 5.41) is 10.00. The summed E-state index contributed by atoms with van der Waals surface area (Å²) in [5.74, 6) is -1.12. The number of hydrogen-bond acceptors (Lipinski definition) is 4. The van der Waals surface area contributed by atoms with Gasteiger partial charge in [-0.05, 0) is 0 Å². The molecular formula is C36H55F2N3S2Sn2. The molecule has 3 nitrogen and oxygen atoms in total. The second kappa shape index (κ2) is 16.7. The standard InChI is InChI=1S/C30H37F2N3S2.6CH3.2Sn/c1-3-5-7-9-10-12-16-22(15-11-8-6-4-2)21-35-33-29-25(23-17-13-19-36-23)27(31)28(32)26(30(29)34-35)24-18-14-20-37-24;;;;;;;;/h13-14,17-18,22H,3-12,15-16,21H2,1-2H3;6*1H3;;. The number of benzene rings is 1. The molecule has 1 unspecified atom stereocenters. The van der Waals surface area contributed by atoms with Gasteiger partial charge in [0.05, 0.1) is 0 Å². The molecule has 0 bridgehead atoms.